The maximum Gasteiger partial charge on any atom is 0.213 e. The molecule has 0 saturated carbocycles. The monoisotopic (exact) mass is 225 g/mol. The van der Waals surface area contributed by atoms with Crippen LogP contribution in [0.3, 0.4) is 0 Å². The number of rotatable bonds is 1. The summed E-state index contributed by atoms with van der Waals surface area (Å²) in [5.41, 5.74) is 1.05. The molecule has 3 rings (SSSR count). The molecular weight excluding hydrogens is 214 g/mol. The van der Waals surface area contributed by atoms with Crippen LogP contribution in [0.25, 0.3) is 12.3 Å². The maximum atomic E-state index is 5.60. The lowest BCUT2D eigenvalue weighted by Crippen LogP contribution is -2.28. The van der Waals surface area contributed by atoms with Gasteiger partial charge in [0.25, 0.3) is 0 Å². The normalized spacial score (nSPS) is 12.1. The van der Waals surface area contributed by atoms with Gasteiger partial charge in [-0.25, -0.2) is 4.98 Å². The molecule has 0 amide bonds. The molecule has 0 bridgehead atoms. The van der Waals surface area contributed by atoms with Crippen LogP contribution in [-0.4, -0.2) is 12.1 Å². The minimum atomic E-state index is 0.586. The Kier molecular flexibility index (Phi) is 2.29. The van der Waals surface area contributed by atoms with Crippen molar-refractivity contribution in [2.75, 3.05) is 7.11 Å². The first kappa shape index (κ1) is 9.90. The lowest BCUT2D eigenvalue weighted by atomic mass is 10.1. The Balaban J connectivity index is 2.26. The van der Waals surface area contributed by atoms with E-state index in [0.717, 1.165) is 21.9 Å². The molecule has 1 aromatic heterocycles. The standard InChI is InChI=1S/C14H11NO2/c1-16-14-7-6-10-8-11-4-2-3-5-13(11)17-9-12(10)15-14/h2-9H,1H3. The van der Waals surface area contributed by atoms with E-state index in [-0.39, 0.29) is 0 Å². The van der Waals surface area contributed by atoms with Gasteiger partial charge in [-0.3, -0.25) is 0 Å². The number of hydrogen-bond donors (Lipinski definition) is 0. The molecule has 2 aromatic rings. The Hall–Kier alpha value is -2.29. The van der Waals surface area contributed by atoms with Gasteiger partial charge in [0, 0.05) is 16.8 Å². The van der Waals surface area contributed by atoms with Crippen molar-refractivity contribution in [3.63, 3.8) is 0 Å². The van der Waals surface area contributed by atoms with E-state index in [2.05, 4.69) is 11.1 Å². The summed E-state index contributed by atoms with van der Waals surface area (Å²) >= 11 is 0. The largest absolute Gasteiger partial charge is 0.481 e. The number of fused-ring (bicyclic) bond motifs is 2. The van der Waals surface area contributed by atoms with Crippen molar-refractivity contribution in [2.45, 2.75) is 0 Å². The molecule has 17 heavy (non-hydrogen) atoms. The summed E-state index contributed by atoms with van der Waals surface area (Å²) in [4.78, 5) is 4.34. The van der Waals surface area contributed by atoms with Gasteiger partial charge in [-0.1, -0.05) is 18.2 Å². The van der Waals surface area contributed by atoms with E-state index < -0.39 is 0 Å². The first-order chi connectivity index (χ1) is 8.36. The van der Waals surface area contributed by atoms with Gasteiger partial charge in [-0.15, -0.1) is 0 Å². The van der Waals surface area contributed by atoms with Crippen molar-refractivity contribution in [1.29, 1.82) is 0 Å². The molecule has 0 radical (unpaired) electrons. The molecule has 1 aliphatic heterocycles. The number of benzene rings is 1. The third-order valence-corrected chi connectivity index (χ3v) is 2.67. The SMILES string of the molecule is COc1ccc2c(n1)=COc1ccccc1C=2. The van der Waals surface area contributed by atoms with Gasteiger partial charge in [-0.05, 0) is 18.2 Å². The number of ether oxygens (including phenoxy) is 2. The zero-order valence-electron chi connectivity index (χ0n) is 9.38. The molecule has 0 aliphatic carbocycles. The van der Waals surface area contributed by atoms with Gasteiger partial charge in [0.2, 0.25) is 5.88 Å². The quantitative estimate of drug-likeness (QED) is 0.727. The minimum absolute atomic E-state index is 0.586. The Morgan fingerprint density at radius 1 is 1.12 bits per heavy atom. The molecule has 0 fully saturated rings. The molecule has 3 heteroatoms. The summed E-state index contributed by atoms with van der Waals surface area (Å²) in [6.07, 6.45) is 3.71. The second-order valence-electron chi connectivity index (χ2n) is 3.75. The fourth-order valence-corrected chi connectivity index (χ4v) is 1.79. The summed E-state index contributed by atoms with van der Waals surface area (Å²) in [5.74, 6) is 1.42. The van der Waals surface area contributed by atoms with Crippen LogP contribution in [0.4, 0.5) is 0 Å². The number of nitrogens with zero attached hydrogens (tertiary/aromatic N) is 1. The van der Waals surface area contributed by atoms with Crippen LogP contribution < -0.4 is 20.0 Å². The Bertz CT molecular complexity index is 677. The van der Waals surface area contributed by atoms with Crippen LogP contribution in [0.15, 0.2) is 36.4 Å². The average Bonchev–Trinajstić information content (AvgIpc) is 2.57. The van der Waals surface area contributed by atoms with Crippen LogP contribution in [0.5, 0.6) is 11.6 Å². The molecule has 3 nitrogen and oxygen atoms in total. The van der Waals surface area contributed by atoms with Crippen LogP contribution >= 0.6 is 0 Å². The van der Waals surface area contributed by atoms with Crippen molar-refractivity contribution in [3.8, 4) is 11.6 Å². The van der Waals surface area contributed by atoms with Gasteiger partial charge < -0.3 is 9.47 Å². The third kappa shape index (κ3) is 1.76. The Labute approximate surface area is 98.6 Å². The Morgan fingerprint density at radius 3 is 2.88 bits per heavy atom. The van der Waals surface area contributed by atoms with E-state index in [1.54, 1.807) is 13.4 Å². The molecule has 2 heterocycles. The lowest BCUT2D eigenvalue weighted by Gasteiger charge is -2.01. The third-order valence-electron chi connectivity index (χ3n) is 2.67. The second kappa shape index (κ2) is 3.94. The molecule has 0 saturated heterocycles. The van der Waals surface area contributed by atoms with E-state index in [1.165, 1.54) is 0 Å². The average molecular weight is 225 g/mol. The van der Waals surface area contributed by atoms with Gasteiger partial charge in [0.05, 0.1) is 7.11 Å². The summed E-state index contributed by atoms with van der Waals surface area (Å²) in [7, 11) is 1.60. The molecule has 0 N–H and O–H groups in total. The highest BCUT2D eigenvalue weighted by Gasteiger charge is 2.03. The van der Waals surface area contributed by atoms with Gasteiger partial charge in [0.1, 0.15) is 17.4 Å². The molecule has 1 aliphatic rings. The van der Waals surface area contributed by atoms with Crippen LogP contribution in [0.1, 0.15) is 5.56 Å². The zero-order valence-corrected chi connectivity index (χ0v) is 9.38. The molecule has 1 aromatic carbocycles. The van der Waals surface area contributed by atoms with Crippen LogP contribution in [-0.2, 0) is 0 Å². The summed E-state index contributed by atoms with van der Waals surface area (Å²) < 4.78 is 10.7. The molecular formula is C14H11NO2. The fourth-order valence-electron chi connectivity index (χ4n) is 1.79. The van der Waals surface area contributed by atoms with Crippen LogP contribution in [0.2, 0.25) is 0 Å². The molecule has 0 spiro atoms. The maximum absolute atomic E-state index is 5.60. The first-order valence-electron chi connectivity index (χ1n) is 5.35. The van der Waals surface area contributed by atoms with Gasteiger partial charge >= 0.3 is 0 Å². The second-order valence-corrected chi connectivity index (χ2v) is 3.75. The smallest absolute Gasteiger partial charge is 0.213 e. The van der Waals surface area contributed by atoms with E-state index >= 15 is 0 Å². The van der Waals surface area contributed by atoms with E-state index in [1.807, 2.05) is 36.4 Å². The molecule has 0 atom stereocenters. The number of para-hydroxylation sites is 1. The van der Waals surface area contributed by atoms with E-state index in [4.69, 9.17) is 9.47 Å². The summed E-state index contributed by atoms with van der Waals surface area (Å²) in [6.45, 7) is 0. The van der Waals surface area contributed by atoms with Gasteiger partial charge in [0.15, 0.2) is 0 Å². The van der Waals surface area contributed by atoms with E-state index in [9.17, 15) is 0 Å². The predicted molar refractivity (Wildman–Crippen MR) is 65.1 cm³/mol. The minimum Gasteiger partial charge on any atom is -0.481 e. The number of methoxy groups -OCH3 is 1. The zero-order chi connectivity index (χ0) is 11.7. The number of hydrogen-bond acceptors (Lipinski definition) is 3. The highest BCUT2D eigenvalue weighted by molar-refractivity contribution is 5.59. The Morgan fingerprint density at radius 2 is 2.00 bits per heavy atom. The number of pyridine rings is 1. The molecule has 84 valence electrons. The van der Waals surface area contributed by atoms with Crippen LogP contribution in [0, 0.1) is 0 Å². The highest BCUT2D eigenvalue weighted by Crippen LogP contribution is 2.19. The van der Waals surface area contributed by atoms with Gasteiger partial charge in [-0.2, -0.15) is 0 Å². The topological polar surface area (TPSA) is 31.4 Å². The van der Waals surface area contributed by atoms with Crippen molar-refractivity contribution in [2.24, 2.45) is 0 Å². The predicted octanol–water partition coefficient (Wildman–Crippen LogP) is 1.05. The molecule has 0 unspecified atom stereocenters. The lowest BCUT2D eigenvalue weighted by molar-refractivity contribution is 0.396. The van der Waals surface area contributed by atoms with Crippen molar-refractivity contribution >= 4 is 12.3 Å². The summed E-state index contributed by atoms with van der Waals surface area (Å²) in [6, 6.07) is 11.7. The van der Waals surface area contributed by atoms with Crippen molar-refractivity contribution < 1.29 is 9.47 Å². The van der Waals surface area contributed by atoms with E-state index in [0.29, 0.717) is 5.88 Å². The number of aromatic nitrogens is 1. The summed E-state index contributed by atoms with van der Waals surface area (Å²) in [5, 5.41) is 1.80. The first-order valence-corrected chi connectivity index (χ1v) is 5.35. The highest BCUT2D eigenvalue weighted by atomic mass is 16.5. The van der Waals surface area contributed by atoms with Crippen molar-refractivity contribution in [1.82, 2.24) is 4.98 Å². The van der Waals surface area contributed by atoms with Crippen molar-refractivity contribution in [3.05, 3.63) is 52.5 Å². The fraction of sp³-hybridized carbons (Fsp3) is 0.0714.